The molecule has 0 saturated heterocycles. The molecule has 0 fully saturated rings. The van der Waals surface area contributed by atoms with Crippen molar-refractivity contribution < 1.29 is 24.6 Å². The smallest absolute Gasteiger partial charge is 0.335 e. The Balaban J connectivity index is 1.06. The van der Waals surface area contributed by atoms with Gasteiger partial charge in [-0.3, -0.25) is 4.79 Å². The molecule has 5 aliphatic carbocycles. The standard InChI is InChI=1S/C71H9NO5/c73-67(6-1-3-7(4-2-6)68(74)75)72-5-70-60-52-43-36-23-16-10-11-13-9-8-12(10)21(23)27-25-14(8)18-15(9)26-28-22(13)24-17(11)20-19(16)30-38-31(20)40-37(24)44-42(28)46-33(26)35-29(18)34-32(25)45(41(27)43)56(60)58-47(34)48(35)59-57(46)61-53(44)50(40)55-51(38)54(49(52)39(30)36)62(70)64(55)71(61,65(59)63(58)70)66(72)69(76)77/h1-4,66H,5H2,(H,74,75)(H,76,77). The molecule has 3 atom stereocenters. The van der Waals surface area contributed by atoms with Crippen molar-refractivity contribution in [2.75, 3.05) is 6.54 Å². The summed E-state index contributed by atoms with van der Waals surface area (Å²) >= 11 is 0. The molecular weight excluding hydrogens is 947 g/mol. The lowest BCUT2D eigenvalue weighted by Gasteiger charge is -2.46. The molecule has 3 unspecified atom stereocenters. The van der Waals surface area contributed by atoms with Crippen molar-refractivity contribution in [3.05, 3.63) is 68.8 Å². The van der Waals surface area contributed by atoms with E-state index in [4.69, 9.17) is 0 Å². The van der Waals surface area contributed by atoms with Crippen LogP contribution in [0.25, 0.3) is 280 Å². The predicted octanol–water partition coefficient (Wildman–Crippen LogP) is 16.3. The summed E-state index contributed by atoms with van der Waals surface area (Å²) in [5, 5.41) is 98.1. The maximum absolute atomic E-state index is 16.5. The van der Waals surface area contributed by atoms with E-state index < -0.39 is 28.8 Å². The molecule has 328 valence electrons. The molecule has 1 amide bonds. The Hall–Kier alpha value is -9.91. The third kappa shape index (κ3) is 1.67. The highest BCUT2D eigenvalue weighted by Crippen LogP contribution is 2.85. The van der Waals surface area contributed by atoms with E-state index in [2.05, 4.69) is 0 Å². The molecule has 2 N–H and O–H groups in total. The van der Waals surface area contributed by atoms with E-state index in [9.17, 15) is 15.0 Å². The second-order valence-electron chi connectivity index (χ2n) is 27.0. The van der Waals surface area contributed by atoms with Crippen molar-refractivity contribution in [1.82, 2.24) is 4.90 Å². The number of benzene rings is 18. The van der Waals surface area contributed by atoms with Crippen LogP contribution >= 0.6 is 0 Å². The first-order chi connectivity index (χ1) is 38.0. The van der Waals surface area contributed by atoms with Gasteiger partial charge in [0.15, 0.2) is 0 Å². The summed E-state index contributed by atoms with van der Waals surface area (Å²) in [7, 11) is 0. The van der Waals surface area contributed by atoms with Gasteiger partial charge in [0.05, 0.1) is 16.4 Å². The summed E-state index contributed by atoms with van der Waals surface area (Å²) in [6.07, 6.45) is 0. The molecule has 6 nitrogen and oxygen atoms in total. The van der Waals surface area contributed by atoms with Crippen molar-refractivity contribution >= 4 is 298 Å². The summed E-state index contributed by atoms with van der Waals surface area (Å²) in [6, 6.07) is 5.01. The summed E-state index contributed by atoms with van der Waals surface area (Å²) in [5.74, 6) is -2.37. The molecule has 28 aromatic carbocycles. The zero-order chi connectivity index (χ0) is 47.1. The van der Waals surface area contributed by atoms with Gasteiger partial charge in [0.1, 0.15) is 6.04 Å². The Kier molecular flexibility index (Phi) is 2.66. The van der Waals surface area contributed by atoms with Crippen molar-refractivity contribution in [3.8, 4) is 0 Å². The van der Waals surface area contributed by atoms with Crippen LogP contribution in [0, 0.1) is 0 Å². The lowest BCUT2D eigenvalue weighted by Crippen LogP contribution is -2.57. The Morgan fingerprint density at radius 3 is 0.844 bits per heavy atom. The summed E-state index contributed by atoms with van der Waals surface area (Å²) in [4.78, 5) is 46.6. The minimum Gasteiger partial charge on any atom is -0.480 e. The van der Waals surface area contributed by atoms with Gasteiger partial charge < -0.3 is 15.1 Å². The third-order valence-corrected chi connectivity index (χ3v) is 26.5. The Labute approximate surface area is 417 Å². The van der Waals surface area contributed by atoms with Gasteiger partial charge in [0.25, 0.3) is 5.91 Å². The minimum absolute atomic E-state index is 0.0983. The van der Waals surface area contributed by atoms with Crippen LogP contribution in [-0.4, -0.2) is 45.5 Å². The normalized spacial score (nSPS) is 22.4. The highest BCUT2D eigenvalue weighted by molar-refractivity contribution is 6.81. The number of carboxylic acids is 2. The van der Waals surface area contributed by atoms with Gasteiger partial charge in [-0.1, -0.05) is 0 Å². The van der Waals surface area contributed by atoms with Gasteiger partial charge in [-0.15, -0.1) is 0 Å². The third-order valence-electron chi connectivity index (χ3n) is 26.5. The molecule has 35 rings (SSSR count). The van der Waals surface area contributed by atoms with Crippen LogP contribution in [-0.2, 0) is 15.6 Å². The fraction of sp³-hybridized carbons (Fsp3) is 0.0563. The molecule has 2 aliphatic heterocycles. The second-order valence-corrected chi connectivity index (χ2v) is 27.0. The van der Waals surface area contributed by atoms with Gasteiger partial charge in [0, 0.05) is 12.1 Å². The number of amides is 1. The average molecular weight is 956 g/mol. The van der Waals surface area contributed by atoms with E-state index in [0.717, 1.165) is 0 Å². The summed E-state index contributed by atoms with van der Waals surface area (Å²) < 4.78 is 0. The SMILES string of the molecule is O=C(O)c1ccc(C(=O)N2CC34c5c6c7c8c9c%10c%11c%12c(c3c3c%13c4c4c%14c5c7c5c7c%14c%14c4c4c%13c%13c%15c3c%12c3c%12c%11c%11c9c9c8c5c5c7c7c%14c8c4c%13c4c(c%153)c3c%12c%11c%11c9c5c5c%11c3c4c8c75)C6%10C2C(=O)O)cc1. The first kappa shape index (κ1) is 29.8. The lowest BCUT2D eigenvalue weighted by atomic mass is 9.53. The van der Waals surface area contributed by atoms with Crippen LogP contribution in [0.3, 0.4) is 0 Å². The zero-order valence-corrected chi connectivity index (χ0v) is 38.7. The second kappa shape index (κ2) is 6.86. The average Bonchev–Trinajstić information content (AvgIpc) is 1.77. The molecule has 7 aliphatic rings. The van der Waals surface area contributed by atoms with E-state index in [0.29, 0.717) is 5.56 Å². The van der Waals surface area contributed by atoms with Crippen molar-refractivity contribution in [2.24, 2.45) is 0 Å². The fourth-order valence-corrected chi connectivity index (χ4v) is 26.1. The first-order valence-electron chi connectivity index (χ1n) is 27.6. The van der Waals surface area contributed by atoms with E-state index >= 15 is 9.59 Å². The zero-order valence-electron chi connectivity index (χ0n) is 38.7. The van der Waals surface area contributed by atoms with Crippen molar-refractivity contribution in [1.29, 1.82) is 0 Å². The van der Waals surface area contributed by atoms with E-state index in [1.165, 1.54) is 320 Å². The van der Waals surface area contributed by atoms with E-state index in [1.54, 1.807) is 17.5 Å². The molecule has 28 aromatic rings. The Bertz CT molecular complexity index is 7900. The fourth-order valence-electron chi connectivity index (χ4n) is 26.1. The molecular formula is C71H9NO5. The number of hydrogen-bond acceptors (Lipinski definition) is 3. The molecule has 77 heavy (non-hydrogen) atoms. The minimum atomic E-state index is -1.30. The van der Waals surface area contributed by atoms with Crippen LogP contribution in [0.5, 0.6) is 0 Å². The largest absolute Gasteiger partial charge is 0.480 e. The van der Waals surface area contributed by atoms with Crippen LogP contribution in [0.1, 0.15) is 54.1 Å². The summed E-state index contributed by atoms with van der Waals surface area (Å²) in [6.45, 7) is 0.193. The number of aliphatic carboxylic acids is 1. The van der Waals surface area contributed by atoms with Crippen molar-refractivity contribution in [2.45, 2.75) is 16.9 Å². The monoisotopic (exact) mass is 955 g/mol. The molecule has 2 heterocycles. The predicted molar refractivity (Wildman–Crippen MR) is 308 cm³/mol. The maximum atomic E-state index is 16.5. The van der Waals surface area contributed by atoms with Crippen LogP contribution in [0.2, 0.25) is 0 Å². The maximum Gasteiger partial charge on any atom is 0.335 e. The van der Waals surface area contributed by atoms with Gasteiger partial charge in [-0.05, 0) is 338 Å². The van der Waals surface area contributed by atoms with Crippen LogP contribution in [0.15, 0.2) is 24.3 Å². The molecule has 6 heteroatoms. The molecule has 2 bridgehead atoms. The van der Waals surface area contributed by atoms with E-state index in [-0.39, 0.29) is 18.0 Å². The topological polar surface area (TPSA) is 94.9 Å². The number of fused-ring (bicyclic) bond motifs is 2. The number of aromatic carboxylic acids is 1. The van der Waals surface area contributed by atoms with Gasteiger partial charge in [-0.2, -0.15) is 0 Å². The molecule has 0 radical (unpaired) electrons. The quantitative estimate of drug-likeness (QED) is 0.172. The highest BCUT2D eigenvalue weighted by Gasteiger charge is 2.73. The number of nitrogens with zero attached hydrogens (tertiary/aromatic N) is 1. The number of rotatable bonds is 3. The van der Waals surface area contributed by atoms with Gasteiger partial charge in [-0.25, -0.2) is 9.59 Å². The first-order valence-corrected chi connectivity index (χ1v) is 27.6. The molecule has 2 spiro atoms. The van der Waals surface area contributed by atoms with Crippen molar-refractivity contribution in [3.63, 3.8) is 0 Å². The number of carbonyl (C=O) groups excluding carboxylic acids is 1. The van der Waals surface area contributed by atoms with Gasteiger partial charge in [0.2, 0.25) is 0 Å². The number of carbonyl (C=O) groups is 3. The lowest BCUT2D eigenvalue weighted by molar-refractivity contribution is -0.143. The Morgan fingerprint density at radius 1 is 0.299 bits per heavy atom. The Morgan fingerprint density at radius 2 is 0.519 bits per heavy atom. The molecule has 0 aromatic heterocycles. The van der Waals surface area contributed by atoms with Crippen LogP contribution < -0.4 is 0 Å². The van der Waals surface area contributed by atoms with Gasteiger partial charge >= 0.3 is 11.9 Å². The van der Waals surface area contributed by atoms with Crippen LogP contribution in [0.4, 0.5) is 0 Å². The summed E-state index contributed by atoms with van der Waals surface area (Å²) in [5.41, 5.74) is 5.85. The highest BCUT2D eigenvalue weighted by atomic mass is 16.4. The molecule has 0 saturated carbocycles. The van der Waals surface area contributed by atoms with E-state index in [1.807, 2.05) is 4.90 Å². The number of carboxylic acid groups (broad SMARTS) is 2. The number of hydrogen-bond donors (Lipinski definition) is 2.